The number of carbonyl (C=O) groups is 2. The number of hydrogen-bond donors (Lipinski definition) is 1. The van der Waals surface area contributed by atoms with Crippen LogP contribution in [-0.2, 0) is 28.9 Å². The monoisotopic (exact) mass is 415 g/mol. The van der Waals surface area contributed by atoms with Crippen molar-refractivity contribution in [3.63, 3.8) is 0 Å². The molecule has 1 amide bonds. The van der Waals surface area contributed by atoms with Crippen molar-refractivity contribution < 1.29 is 19.1 Å². The van der Waals surface area contributed by atoms with Gasteiger partial charge in [-0.15, -0.1) is 0 Å². The lowest BCUT2D eigenvalue weighted by atomic mass is 10.1. The lowest BCUT2D eigenvalue weighted by Crippen LogP contribution is -2.26. The van der Waals surface area contributed by atoms with Crippen LogP contribution in [0.25, 0.3) is 0 Å². The molecule has 9 heteroatoms. The summed E-state index contributed by atoms with van der Waals surface area (Å²) < 4.78 is 12.8. The van der Waals surface area contributed by atoms with Gasteiger partial charge < -0.3 is 14.8 Å². The molecule has 3 heterocycles. The summed E-state index contributed by atoms with van der Waals surface area (Å²) in [7, 11) is 0. The molecule has 2 aromatic rings. The van der Waals surface area contributed by atoms with Crippen molar-refractivity contribution in [2.75, 3.05) is 26.4 Å². The predicted molar refractivity (Wildman–Crippen MR) is 109 cm³/mol. The first-order valence-electron chi connectivity index (χ1n) is 10.5. The Morgan fingerprint density at radius 3 is 2.80 bits per heavy atom. The van der Waals surface area contributed by atoms with Crippen molar-refractivity contribution in [1.82, 2.24) is 25.1 Å². The van der Waals surface area contributed by atoms with Crippen LogP contribution in [0.4, 0.5) is 0 Å². The Labute approximate surface area is 176 Å². The van der Waals surface area contributed by atoms with E-state index in [0.29, 0.717) is 51.1 Å². The number of nitrogens with zero attached hydrogens (tertiary/aromatic N) is 4. The van der Waals surface area contributed by atoms with Crippen molar-refractivity contribution in [2.24, 2.45) is 0 Å². The molecule has 1 aliphatic heterocycles. The summed E-state index contributed by atoms with van der Waals surface area (Å²) >= 11 is 0. The smallest absolute Gasteiger partial charge is 0.376 e. The van der Waals surface area contributed by atoms with E-state index in [9.17, 15) is 9.59 Å². The van der Waals surface area contributed by atoms with Crippen LogP contribution >= 0.6 is 0 Å². The molecule has 0 atom stereocenters. The van der Waals surface area contributed by atoms with E-state index in [1.165, 1.54) is 0 Å². The molecule has 1 aliphatic rings. The Hall–Kier alpha value is -2.81. The fourth-order valence-electron chi connectivity index (χ4n) is 3.35. The van der Waals surface area contributed by atoms with Gasteiger partial charge in [-0.05, 0) is 38.2 Å². The number of hydrogen-bond acceptors (Lipinski definition) is 7. The van der Waals surface area contributed by atoms with Gasteiger partial charge >= 0.3 is 5.97 Å². The van der Waals surface area contributed by atoms with E-state index in [0.717, 1.165) is 29.8 Å². The highest BCUT2D eigenvalue weighted by Gasteiger charge is 2.23. The molecule has 0 unspecified atom stereocenters. The molecule has 1 N–H and O–H groups in total. The second kappa shape index (κ2) is 10.8. The molecule has 9 nitrogen and oxygen atoms in total. The number of rotatable bonds is 6. The largest absolute Gasteiger partial charge is 0.460 e. The average molecular weight is 415 g/mol. The quantitative estimate of drug-likeness (QED) is 0.567. The number of nitrogens with one attached hydrogen (secondary N) is 1. The summed E-state index contributed by atoms with van der Waals surface area (Å²) in [6, 6.07) is 0. The van der Waals surface area contributed by atoms with Crippen molar-refractivity contribution in [2.45, 2.75) is 52.5 Å². The lowest BCUT2D eigenvalue weighted by molar-refractivity contribution is 0.0480. The van der Waals surface area contributed by atoms with E-state index < -0.39 is 5.97 Å². The van der Waals surface area contributed by atoms with Gasteiger partial charge in [0.05, 0.1) is 23.6 Å². The molecule has 30 heavy (non-hydrogen) atoms. The van der Waals surface area contributed by atoms with Crippen molar-refractivity contribution in [1.29, 1.82) is 0 Å². The SMILES string of the molecule is CCc1nn(CCCOC(=O)c2ncc(C)cn2)c2c1C(=O)NCCCOCCC2. The molecule has 3 rings (SSSR count). The molecule has 0 spiro atoms. The van der Waals surface area contributed by atoms with Gasteiger partial charge in [-0.1, -0.05) is 6.92 Å². The van der Waals surface area contributed by atoms with Crippen LogP contribution < -0.4 is 5.32 Å². The normalized spacial score (nSPS) is 15.1. The van der Waals surface area contributed by atoms with Crippen LogP contribution in [0.1, 0.15) is 64.1 Å². The van der Waals surface area contributed by atoms with E-state index in [-0.39, 0.29) is 18.3 Å². The molecule has 0 aliphatic carbocycles. The van der Waals surface area contributed by atoms with Crippen molar-refractivity contribution in [3.05, 3.63) is 40.7 Å². The van der Waals surface area contributed by atoms with E-state index in [1.807, 2.05) is 18.5 Å². The third kappa shape index (κ3) is 5.63. The second-order valence-corrected chi connectivity index (χ2v) is 7.24. The lowest BCUT2D eigenvalue weighted by Gasteiger charge is -2.10. The Kier molecular flexibility index (Phi) is 7.89. The summed E-state index contributed by atoms with van der Waals surface area (Å²) in [6.45, 7) is 6.53. The minimum absolute atomic E-state index is 0.0538. The third-order valence-electron chi connectivity index (χ3n) is 4.86. The van der Waals surface area contributed by atoms with Crippen molar-refractivity contribution >= 4 is 11.9 Å². The first-order chi connectivity index (χ1) is 14.6. The number of aryl methyl sites for hydroxylation is 3. The number of fused-ring (bicyclic) bond motifs is 1. The van der Waals surface area contributed by atoms with Crippen LogP contribution in [0.15, 0.2) is 12.4 Å². The van der Waals surface area contributed by atoms with Gasteiger partial charge in [-0.25, -0.2) is 14.8 Å². The summed E-state index contributed by atoms with van der Waals surface area (Å²) in [6.07, 6.45) is 6.76. The highest BCUT2D eigenvalue weighted by Crippen LogP contribution is 2.19. The van der Waals surface area contributed by atoms with Crippen LogP contribution in [0.2, 0.25) is 0 Å². The van der Waals surface area contributed by atoms with Gasteiger partial charge in [0.25, 0.3) is 5.91 Å². The average Bonchev–Trinajstić information content (AvgIpc) is 3.08. The predicted octanol–water partition coefficient (Wildman–Crippen LogP) is 1.87. The maximum absolute atomic E-state index is 12.7. The minimum atomic E-state index is -0.541. The maximum atomic E-state index is 12.7. The molecular formula is C21H29N5O4. The van der Waals surface area contributed by atoms with Gasteiger partial charge in [0.2, 0.25) is 5.82 Å². The van der Waals surface area contributed by atoms with Gasteiger partial charge in [0.15, 0.2) is 0 Å². The Balaban J connectivity index is 1.64. The van der Waals surface area contributed by atoms with Crippen LogP contribution in [0.3, 0.4) is 0 Å². The number of esters is 1. The topological polar surface area (TPSA) is 108 Å². The van der Waals surface area contributed by atoms with E-state index in [1.54, 1.807) is 12.4 Å². The molecular weight excluding hydrogens is 386 g/mol. The summed E-state index contributed by atoms with van der Waals surface area (Å²) in [4.78, 5) is 32.7. The number of ether oxygens (including phenoxy) is 2. The molecule has 162 valence electrons. The molecule has 0 saturated carbocycles. The Morgan fingerprint density at radius 1 is 1.27 bits per heavy atom. The molecule has 0 fully saturated rings. The standard InChI is InChI=1S/C21H29N5O4/c1-3-16-18-17(7-4-10-29-11-5-8-22-20(18)27)26(25-16)9-6-12-30-21(28)19-23-13-15(2)14-24-19/h13-14H,3-12H2,1-2H3,(H,22,27). The minimum Gasteiger partial charge on any atom is -0.460 e. The Morgan fingerprint density at radius 2 is 2.03 bits per heavy atom. The van der Waals surface area contributed by atoms with Gasteiger partial charge in [-0.3, -0.25) is 9.48 Å². The van der Waals surface area contributed by atoms with Crippen molar-refractivity contribution in [3.8, 4) is 0 Å². The zero-order valence-corrected chi connectivity index (χ0v) is 17.6. The first kappa shape index (κ1) is 21.9. The van der Waals surface area contributed by atoms with Gasteiger partial charge in [0, 0.05) is 45.1 Å². The van der Waals surface area contributed by atoms with Crippen LogP contribution in [-0.4, -0.2) is 58.0 Å². The molecule has 0 bridgehead atoms. The number of carbonyl (C=O) groups excluding carboxylic acids is 2. The number of amides is 1. The zero-order valence-electron chi connectivity index (χ0n) is 17.6. The fraction of sp³-hybridized carbons (Fsp3) is 0.571. The maximum Gasteiger partial charge on any atom is 0.376 e. The van der Waals surface area contributed by atoms with Gasteiger partial charge in [-0.2, -0.15) is 5.10 Å². The van der Waals surface area contributed by atoms with E-state index in [2.05, 4.69) is 20.4 Å². The summed E-state index contributed by atoms with van der Waals surface area (Å²) in [5.41, 5.74) is 3.28. The van der Waals surface area contributed by atoms with Crippen LogP contribution in [0, 0.1) is 6.92 Å². The highest BCUT2D eigenvalue weighted by atomic mass is 16.5. The molecule has 0 aromatic carbocycles. The zero-order chi connectivity index (χ0) is 21.3. The first-order valence-corrected chi connectivity index (χ1v) is 10.5. The van der Waals surface area contributed by atoms with Crippen LogP contribution in [0.5, 0.6) is 0 Å². The molecule has 0 saturated heterocycles. The highest BCUT2D eigenvalue weighted by molar-refractivity contribution is 5.96. The van der Waals surface area contributed by atoms with E-state index >= 15 is 0 Å². The molecule has 0 radical (unpaired) electrons. The third-order valence-corrected chi connectivity index (χ3v) is 4.86. The summed E-state index contributed by atoms with van der Waals surface area (Å²) in [5, 5.41) is 7.64. The molecule has 2 aromatic heterocycles. The van der Waals surface area contributed by atoms with Gasteiger partial charge in [0.1, 0.15) is 0 Å². The Bertz CT molecular complexity index is 863. The second-order valence-electron chi connectivity index (χ2n) is 7.24. The summed E-state index contributed by atoms with van der Waals surface area (Å²) in [5.74, 6) is -0.559. The fourth-order valence-corrected chi connectivity index (χ4v) is 3.35. The van der Waals surface area contributed by atoms with E-state index in [4.69, 9.17) is 9.47 Å². The number of aromatic nitrogens is 4.